The van der Waals surface area contributed by atoms with Crippen LogP contribution in [0.5, 0.6) is 0 Å². The summed E-state index contributed by atoms with van der Waals surface area (Å²) in [5.41, 5.74) is 1.47. The first-order valence-corrected chi connectivity index (χ1v) is 11.5. The first-order valence-electron chi connectivity index (χ1n) is 11.5. The number of carbonyl (C=O) groups excluding carboxylic acids is 1. The minimum atomic E-state index is -4.22. The predicted molar refractivity (Wildman–Crippen MR) is 113 cm³/mol. The SMILES string of the molecule is Cc1nonc1C(=O)N[C@H](c1cn2ncc(C3COCCN3)nc2n1)C1CCC(C(F)(F)F)CC1. The van der Waals surface area contributed by atoms with Gasteiger partial charge in [0.25, 0.3) is 11.7 Å². The Balaban J connectivity index is 1.42. The van der Waals surface area contributed by atoms with Crippen molar-refractivity contribution < 1.29 is 27.3 Å². The normalized spacial score (nSPS) is 24.4. The summed E-state index contributed by atoms with van der Waals surface area (Å²) < 4.78 is 51.3. The molecule has 0 radical (unpaired) electrons. The molecule has 1 saturated carbocycles. The Labute approximate surface area is 197 Å². The van der Waals surface area contributed by atoms with Crippen LogP contribution < -0.4 is 10.6 Å². The largest absolute Gasteiger partial charge is 0.391 e. The number of hydrogen-bond donors (Lipinski definition) is 2. The van der Waals surface area contributed by atoms with E-state index < -0.39 is 24.0 Å². The summed E-state index contributed by atoms with van der Waals surface area (Å²) in [7, 11) is 0. The molecule has 1 unspecified atom stereocenters. The van der Waals surface area contributed by atoms with Crippen molar-refractivity contribution in [2.45, 2.75) is 50.9 Å². The van der Waals surface area contributed by atoms with Crippen molar-refractivity contribution in [1.29, 1.82) is 0 Å². The maximum atomic E-state index is 13.2. The molecule has 2 fully saturated rings. The zero-order chi connectivity index (χ0) is 24.6. The molecule has 2 N–H and O–H groups in total. The highest BCUT2D eigenvalue weighted by Gasteiger charge is 2.43. The smallest absolute Gasteiger partial charge is 0.378 e. The van der Waals surface area contributed by atoms with Gasteiger partial charge in [0.05, 0.1) is 55.0 Å². The number of halogens is 3. The van der Waals surface area contributed by atoms with E-state index in [9.17, 15) is 18.0 Å². The number of nitrogens with one attached hydrogen (secondary N) is 2. The molecule has 3 aromatic rings. The first kappa shape index (κ1) is 23.6. The average molecular weight is 494 g/mol. The van der Waals surface area contributed by atoms with Crippen LogP contribution in [0, 0.1) is 18.8 Å². The lowest BCUT2D eigenvalue weighted by molar-refractivity contribution is -0.184. The molecular weight excluding hydrogens is 469 g/mol. The molecule has 188 valence electrons. The van der Waals surface area contributed by atoms with Crippen LogP contribution in [0.1, 0.15) is 65.3 Å². The molecule has 1 aliphatic carbocycles. The lowest BCUT2D eigenvalue weighted by atomic mass is 9.77. The molecule has 0 spiro atoms. The molecule has 0 bridgehead atoms. The Morgan fingerprint density at radius 2 is 2.03 bits per heavy atom. The Morgan fingerprint density at radius 1 is 1.23 bits per heavy atom. The Bertz CT molecular complexity index is 1180. The van der Waals surface area contributed by atoms with E-state index in [4.69, 9.17) is 4.74 Å². The van der Waals surface area contributed by atoms with Gasteiger partial charge in [-0.3, -0.25) is 4.79 Å². The number of carbonyl (C=O) groups is 1. The van der Waals surface area contributed by atoms with Crippen LogP contribution in [0.4, 0.5) is 13.2 Å². The summed E-state index contributed by atoms with van der Waals surface area (Å²) in [4.78, 5) is 22.1. The highest BCUT2D eigenvalue weighted by atomic mass is 19.4. The first-order chi connectivity index (χ1) is 16.8. The molecule has 1 aliphatic heterocycles. The van der Waals surface area contributed by atoms with E-state index in [0.29, 0.717) is 42.6 Å². The zero-order valence-electron chi connectivity index (χ0n) is 19.0. The van der Waals surface area contributed by atoms with Gasteiger partial charge < -0.3 is 15.4 Å². The van der Waals surface area contributed by atoms with Crippen molar-refractivity contribution in [3.05, 3.63) is 35.2 Å². The summed E-state index contributed by atoms with van der Waals surface area (Å²) in [6, 6.07) is -0.770. The second kappa shape index (κ2) is 9.49. The van der Waals surface area contributed by atoms with E-state index in [1.54, 1.807) is 19.3 Å². The van der Waals surface area contributed by atoms with E-state index >= 15 is 0 Å². The van der Waals surface area contributed by atoms with Gasteiger partial charge in [-0.1, -0.05) is 5.16 Å². The Morgan fingerprint density at radius 3 is 2.69 bits per heavy atom. The summed E-state index contributed by atoms with van der Waals surface area (Å²) in [5.74, 6) is -1.80. The molecule has 1 amide bonds. The van der Waals surface area contributed by atoms with E-state index in [1.165, 1.54) is 4.52 Å². The minimum absolute atomic E-state index is 0.00749. The van der Waals surface area contributed by atoms with Crippen molar-refractivity contribution in [2.24, 2.45) is 11.8 Å². The molecule has 2 atom stereocenters. The number of fused-ring (bicyclic) bond motifs is 1. The van der Waals surface area contributed by atoms with Crippen molar-refractivity contribution in [1.82, 2.24) is 40.5 Å². The molecule has 4 heterocycles. The number of rotatable bonds is 5. The van der Waals surface area contributed by atoms with Crippen molar-refractivity contribution >= 4 is 11.7 Å². The highest BCUT2D eigenvalue weighted by Crippen LogP contribution is 2.43. The van der Waals surface area contributed by atoms with Crippen LogP contribution in [-0.4, -0.2) is 61.7 Å². The quantitative estimate of drug-likeness (QED) is 0.548. The molecule has 5 rings (SSSR count). The molecule has 1 saturated heterocycles. The second-order valence-corrected chi connectivity index (χ2v) is 8.98. The number of hydrogen-bond acceptors (Lipinski definition) is 9. The predicted octanol–water partition coefficient (Wildman–Crippen LogP) is 2.32. The topological polar surface area (TPSA) is 132 Å². The molecule has 3 aromatic heterocycles. The van der Waals surface area contributed by atoms with E-state index in [2.05, 4.69) is 40.6 Å². The average Bonchev–Trinajstić information content (AvgIpc) is 3.48. The summed E-state index contributed by atoms with van der Waals surface area (Å²) >= 11 is 0. The summed E-state index contributed by atoms with van der Waals surface area (Å²) in [6.07, 6.45) is -0.401. The highest BCUT2D eigenvalue weighted by molar-refractivity contribution is 5.93. The number of nitrogens with zero attached hydrogens (tertiary/aromatic N) is 6. The number of ether oxygens (including phenoxy) is 1. The summed E-state index contributed by atoms with van der Waals surface area (Å²) in [5, 5.41) is 17.9. The van der Waals surface area contributed by atoms with Gasteiger partial charge in [0.1, 0.15) is 5.69 Å². The number of imidazole rings is 1. The monoisotopic (exact) mass is 494 g/mol. The number of amides is 1. The fraction of sp³-hybridized carbons (Fsp3) is 0.619. The molecule has 11 nitrogen and oxygen atoms in total. The third kappa shape index (κ3) is 4.98. The Hall–Kier alpha value is -3.13. The zero-order valence-corrected chi connectivity index (χ0v) is 19.0. The fourth-order valence-corrected chi connectivity index (χ4v) is 4.74. The van der Waals surface area contributed by atoms with E-state index in [-0.39, 0.29) is 43.3 Å². The molecule has 14 heteroatoms. The van der Waals surface area contributed by atoms with Crippen LogP contribution in [-0.2, 0) is 4.74 Å². The summed E-state index contributed by atoms with van der Waals surface area (Å²) in [6.45, 7) is 3.36. The van der Waals surface area contributed by atoms with Crippen LogP contribution in [0.2, 0.25) is 0 Å². The standard InChI is InChI=1S/C21H25F3N8O3/c1-11-17(31-35-30-11)19(33)29-18(12-2-4-13(5-3-12)21(22,23)24)15-9-32-20(28-15)27-14(8-26-32)16-10-34-7-6-25-16/h8-9,12-13,16,18,25H,2-7,10H2,1H3,(H,29,33)/t12?,13?,16?,18-/m0/s1. The van der Waals surface area contributed by atoms with Gasteiger partial charge in [-0.15, -0.1) is 0 Å². The van der Waals surface area contributed by atoms with Crippen LogP contribution in [0.15, 0.2) is 17.0 Å². The van der Waals surface area contributed by atoms with Gasteiger partial charge in [-0.25, -0.2) is 19.1 Å². The third-order valence-corrected chi connectivity index (χ3v) is 6.69. The number of alkyl halides is 3. The van der Waals surface area contributed by atoms with Crippen LogP contribution in [0.3, 0.4) is 0 Å². The lowest BCUT2D eigenvalue weighted by Gasteiger charge is -2.34. The van der Waals surface area contributed by atoms with Crippen LogP contribution in [0.25, 0.3) is 5.78 Å². The van der Waals surface area contributed by atoms with E-state index in [0.717, 1.165) is 0 Å². The number of morpholine rings is 1. The van der Waals surface area contributed by atoms with Crippen molar-refractivity contribution in [3.8, 4) is 0 Å². The second-order valence-electron chi connectivity index (χ2n) is 8.98. The van der Waals surface area contributed by atoms with Gasteiger partial charge in [0.15, 0.2) is 5.69 Å². The number of aryl methyl sites for hydroxylation is 1. The van der Waals surface area contributed by atoms with Gasteiger partial charge in [-0.2, -0.15) is 18.3 Å². The van der Waals surface area contributed by atoms with Crippen LogP contribution >= 0.6 is 0 Å². The molecule has 0 aromatic carbocycles. The fourth-order valence-electron chi connectivity index (χ4n) is 4.74. The van der Waals surface area contributed by atoms with Gasteiger partial charge >= 0.3 is 6.18 Å². The van der Waals surface area contributed by atoms with Gasteiger partial charge in [0.2, 0.25) is 0 Å². The lowest BCUT2D eigenvalue weighted by Crippen LogP contribution is -2.37. The maximum absolute atomic E-state index is 13.2. The third-order valence-electron chi connectivity index (χ3n) is 6.69. The minimum Gasteiger partial charge on any atom is -0.378 e. The van der Waals surface area contributed by atoms with Gasteiger partial charge in [-0.05, 0) is 43.7 Å². The van der Waals surface area contributed by atoms with Crippen molar-refractivity contribution in [2.75, 3.05) is 19.8 Å². The molecule has 2 aliphatic rings. The van der Waals surface area contributed by atoms with E-state index in [1.807, 2.05) is 0 Å². The molecule has 35 heavy (non-hydrogen) atoms. The number of aromatic nitrogens is 6. The molecular formula is C21H25F3N8O3. The van der Waals surface area contributed by atoms with Crippen molar-refractivity contribution in [3.63, 3.8) is 0 Å². The van der Waals surface area contributed by atoms with Gasteiger partial charge in [0, 0.05) is 6.54 Å². The Kier molecular flexibility index (Phi) is 6.40. The maximum Gasteiger partial charge on any atom is 0.391 e.